The fourth-order valence-electron chi connectivity index (χ4n) is 1.97. The molecule has 0 radical (unpaired) electrons. The van der Waals surface area contributed by atoms with Gasteiger partial charge < -0.3 is 15.7 Å². The van der Waals surface area contributed by atoms with Gasteiger partial charge in [-0.1, -0.05) is 36.4 Å². The molecule has 1 heterocycles. The fraction of sp³-hybridized carbons (Fsp3) is 0.294. The van der Waals surface area contributed by atoms with E-state index in [1.807, 2.05) is 25.1 Å². The van der Waals surface area contributed by atoms with Crippen molar-refractivity contribution in [1.82, 2.24) is 10.3 Å². The van der Waals surface area contributed by atoms with Crippen LogP contribution in [0.2, 0.25) is 0 Å². The summed E-state index contributed by atoms with van der Waals surface area (Å²) in [7, 11) is 0. The highest BCUT2D eigenvalue weighted by atomic mass is 16.3. The van der Waals surface area contributed by atoms with Gasteiger partial charge >= 0.3 is 0 Å². The van der Waals surface area contributed by atoms with Gasteiger partial charge in [0.2, 0.25) is 0 Å². The van der Waals surface area contributed by atoms with Crippen LogP contribution in [0.5, 0.6) is 0 Å². The van der Waals surface area contributed by atoms with E-state index in [0.717, 1.165) is 17.8 Å². The van der Waals surface area contributed by atoms with Gasteiger partial charge in [0.25, 0.3) is 5.91 Å². The third-order valence-electron chi connectivity index (χ3n) is 3.23. The van der Waals surface area contributed by atoms with Gasteiger partial charge in [-0.25, -0.2) is 4.98 Å². The molecule has 1 atom stereocenters. The topological polar surface area (TPSA) is 74.2 Å². The van der Waals surface area contributed by atoms with Gasteiger partial charge in [-0.3, -0.25) is 4.79 Å². The van der Waals surface area contributed by atoms with E-state index >= 15 is 0 Å². The third kappa shape index (κ3) is 4.86. The van der Waals surface area contributed by atoms with Crippen LogP contribution >= 0.6 is 0 Å². The zero-order chi connectivity index (χ0) is 15.8. The molecule has 2 rings (SSSR count). The molecule has 0 bridgehead atoms. The number of carbonyl (C=O) groups excluding carboxylic acids is 1. The molecular weight excluding hydrogens is 278 g/mol. The van der Waals surface area contributed by atoms with Crippen LogP contribution in [0.25, 0.3) is 0 Å². The lowest BCUT2D eigenvalue weighted by Crippen LogP contribution is -2.30. The van der Waals surface area contributed by atoms with Crippen molar-refractivity contribution in [3.05, 3.63) is 59.8 Å². The summed E-state index contributed by atoms with van der Waals surface area (Å²) in [6, 6.07) is 12.8. The maximum Gasteiger partial charge on any atom is 0.253 e. The van der Waals surface area contributed by atoms with E-state index in [1.54, 1.807) is 30.5 Å². The molecule has 116 valence electrons. The van der Waals surface area contributed by atoms with Crippen LogP contribution in [-0.4, -0.2) is 29.1 Å². The Morgan fingerprint density at radius 3 is 2.64 bits per heavy atom. The molecule has 0 saturated heterocycles. The van der Waals surface area contributed by atoms with Crippen LogP contribution in [0.3, 0.4) is 0 Å². The lowest BCUT2D eigenvalue weighted by atomic mass is 10.1. The first-order valence-electron chi connectivity index (χ1n) is 7.34. The zero-order valence-corrected chi connectivity index (χ0v) is 12.6. The van der Waals surface area contributed by atoms with Crippen LogP contribution in [0.4, 0.5) is 5.82 Å². The fourth-order valence-corrected chi connectivity index (χ4v) is 1.97. The number of aliphatic hydroxyl groups is 1. The van der Waals surface area contributed by atoms with Crippen molar-refractivity contribution in [1.29, 1.82) is 0 Å². The predicted molar refractivity (Wildman–Crippen MR) is 86.5 cm³/mol. The second-order valence-electron chi connectivity index (χ2n) is 5.11. The van der Waals surface area contributed by atoms with Crippen molar-refractivity contribution in [3.8, 4) is 0 Å². The van der Waals surface area contributed by atoms with Gasteiger partial charge in [-0.05, 0) is 30.5 Å². The summed E-state index contributed by atoms with van der Waals surface area (Å²) in [4.78, 5) is 16.1. The van der Waals surface area contributed by atoms with Gasteiger partial charge in [0.1, 0.15) is 5.82 Å². The highest BCUT2D eigenvalue weighted by molar-refractivity contribution is 5.81. The average Bonchev–Trinajstić information content (AvgIpc) is 2.56. The summed E-state index contributed by atoms with van der Waals surface area (Å²) in [6.45, 7) is 3.20. The summed E-state index contributed by atoms with van der Waals surface area (Å²) in [5, 5.41) is 15.8. The van der Waals surface area contributed by atoms with Crippen LogP contribution in [-0.2, 0) is 4.79 Å². The summed E-state index contributed by atoms with van der Waals surface area (Å²) in [5.41, 5.74) is 1.72. The predicted octanol–water partition coefficient (Wildman–Crippen LogP) is 2.04. The Morgan fingerprint density at radius 1 is 1.18 bits per heavy atom. The minimum Gasteiger partial charge on any atom is -0.378 e. The van der Waals surface area contributed by atoms with Gasteiger partial charge in [0.05, 0.1) is 0 Å². The third-order valence-corrected chi connectivity index (χ3v) is 3.23. The molecule has 0 aliphatic carbocycles. The zero-order valence-electron chi connectivity index (χ0n) is 12.6. The molecule has 0 fully saturated rings. The highest BCUT2D eigenvalue weighted by Gasteiger charge is 2.15. The van der Waals surface area contributed by atoms with Crippen LogP contribution in [0.15, 0.2) is 48.7 Å². The summed E-state index contributed by atoms with van der Waals surface area (Å²) >= 11 is 0. The number of hydrogen-bond acceptors (Lipinski definition) is 4. The number of amides is 1. The number of carbonyl (C=O) groups is 1. The molecule has 1 aromatic carbocycles. The molecule has 2 aromatic rings. The average molecular weight is 299 g/mol. The minimum atomic E-state index is -1.12. The number of pyridine rings is 1. The molecule has 5 heteroatoms. The van der Waals surface area contributed by atoms with Crippen molar-refractivity contribution < 1.29 is 9.90 Å². The SMILES string of the molecule is Cc1ccc(NCCCNC(=O)C(O)c2ccccc2)nc1. The van der Waals surface area contributed by atoms with Crippen LogP contribution in [0, 0.1) is 6.92 Å². The molecule has 22 heavy (non-hydrogen) atoms. The maximum absolute atomic E-state index is 11.8. The molecule has 0 aliphatic rings. The number of nitrogens with one attached hydrogen (secondary N) is 2. The maximum atomic E-state index is 11.8. The Hall–Kier alpha value is -2.40. The quantitative estimate of drug-likeness (QED) is 0.684. The number of rotatable bonds is 7. The number of nitrogens with zero attached hydrogens (tertiary/aromatic N) is 1. The van der Waals surface area contributed by atoms with E-state index in [0.29, 0.717) is 18.7 Å². The largest absolute Gasteiger partial charge is 0.378 e. The monoisotopic (exact) mass is 299 g/mol. The number of aliphatic hydroxyl groups excluding tert-OH is 1. The number of benzene rings is 1. The van der Waals surface area contributed by atoms with E-state index in [-0.39, 0.29) is 5.91 Å². The summed E-state index contributed by atoms with van der Waals surface area (Å²) < 4.78 is 0. The smallest absolute Gasteiger partial charge is 0.253 e. The molecular formula is C17H21N3O2. The van der Waals surface area contributed by atoms with E-state index < -0.39 is 6.10 Å². The van der Waals surface area contributed by atoms with Crippen molar-refractivity contribution in [2.45, 2.75) is 19.4 Å². The van der Waals surface area contributed by atoms with E-state index in [2.05, 4.69) is 15.6 Å². The first-order valence-corrected chi connectivity index (χ1v) is 7.34. The second-order valence-corrected chi connectivity index (χ2v) is 5.11. The van der Waals surface area contributed by atoms with E-state index in [9.17, 15) is 9.90 Å². The normalized spacial score (nSPS) is 11.7. The Bertz CT molecular complexity index is 585. The molecule has 0 spiro atoms. The Kier molecular flexibility index (Phi) is 5.91. The lowest BCUT2D eigenvalue weighted by Gasteiger charge is -2.12. The summed E-state index contributed by atoms with van der Waals surface area (Å²) in [6.07, 6.45) is 1.44. The number of aryl methyl sites for hydroxylation is 1. The molecule has 0 saturated carbocycles. The standard InChI is InChI=1S/C17H21N3O2/c1-13-8-9-15(20-12-13)18-10-5-11-19-17(22)16(21)14-6-3-2-4-7-14/h2-4,6-9,12,16,21H,5,10-11H2,1H3,(H,18,20)(H,19,22). The number of anilines is 1. The molecule has 1 aromatic heterocycles. The van der Waals surface area contributed by atoms with Gasteiger partial charge in [-0.2, -0.15) is 0 Å². The first-order chi connectivity index (χ1) is 10.7. The number of hydrogen-bond donors (Lipinski definition) is 3. The molecule has 5 nitrogen and oxygen atoms in total. The van der Waals surface area contributed by atoms with Crippen molar-refractivity contribution in [2.75, 3.05) is 18.4 Å². The summed E-state index contributed by atoms with van der Waals surface area (Å²) in [5.74, 6) is 0.445. The van der Waals surface area contributed by atoms with Crippen LogP contribution in [0.1, 0.15) is 23.7 Å². The molecule has 3 N–H and O–H groups in total. The van der Waals surface area contributed by atoms with Gasteiger partial charge in [-0.15, -0.1) is 0 Å². The van der Waals surface area contributed by atoms with Gasteiger partial charge in [0.15, 0.2) is 6.10 Å². The minimum absolute atomic E-state index is 0.375. The Morgan fingerprint density at radius 2 is 1.95 bits per heavy atom. The Labute approximate surface area is 130 Å². The molecule has 1 unspecified atom stereocenters. The second kappa shape index (κ2) is 8.14. The van der Waals surface area contributed by atoms with Crippen molar-refractivity contribution in [2.24, 2.45) is 0 Å². The number of aromatic nitrogens is 1. The van der Waals surface area contributed by atoms with E-state index in [1.165, 1.54) is 0 Å². The van der Waals surface area contributed by atoms with Crippen LogP contribution < -0.4 is 10.6 Å². The van der Waals surface area contributed by atoms with Crippen molar-refractivity contribution >= 4 is 11.7 Å². The highest BCUT2D eigenvalue weighted by Crippen LogP contribution is 2.11. The molecule has 0 aliphatic heterocycles. The lowest BCUT2D eigenvalue weighted by molar-refractivity contribution is -0.129. The first kappa shape index (κ1) is 16.0. The molecule has 1 amide bonds. The van der Waals surface area contributed by atoms with Crippen molar-refractivity contribution in [3.63, 3.8) is 0 Å². The van der Waals surface area contributed by atoms with Gasteiger partial charge in [0, 0.05) is 19.3 Å². The Balaban J connectivity index is 1.66. The van der Waals surface area contributed by atoms with E-state index in [4.69, 9.17) is 0 Å².